The lowest BCUT2D eigenvalue weighted by Gasteiger charge is -2.08. The van der Waals surface area contributed by atoms with Gasteiger partial charge in [0.05, 0.1) is 14.2 Å². The van der Waals surface area contributed by atoms with Crippen molar-refractivity contribution in [1.29, 1.82) is 0 Å². The van der Waals surface area contributed by atoms with Gasteiger partial charge in [-0.3, -0.25) is 9.59 Å². The molecule has 0 aliphatic rings. The van der Waals surface area contributed by atoms with Gasteiger partial charge in [0.25, 0.3) is 0 Å². The topological polar surface area (TPSA) is 76.7 Å². The predicted molar refractivity (Wildman–Crippen MR) is 86.5 cm³/mol. The van der Waals surface area contributed by atoms with E-state index in [9.17, 15) is 9.59 Å². The lowest BCUT2D eigenvalue weighted by Crippen LogP contribution is -2.34. The van der Waals surface area contributed by atoms with Crippen LogP contribution >= 0.6 is 0 Å². The fourth-order valence-electron chi connectivity index (χ4n) is 1.89. The molecule has 23 heavy (non-hydrogen) atoms. The van der Waals surface area contributed by atoms with Crippen molar-refractivity contribution in [3.8, 4) is 11.5 Å². The van der Waals surface area contributed by atoms with Gasteiger partial charge in [0, 0.05) is 18.3 Å². The smallest absolute Gasteiger partial charge is 0.313 e. The van der Waals surface area contributed by atoms with Crippen molar-refractivity contribution in [2.75, 3.05) is 19.5 Å². The highest BCUT2D eigenvalue weighted by atomic mass is 16.5. The zero-order valence-corrected chi connectivity index (χ0v) is 13.0. The quantitative estimate of drug-likeness (QED) is 0.827. The van der Waals surface area contributed by atoms with E-state index in [1.54, 1.807) is 43.5 Å². The summed E-state index contributed by atoms with van der Waals surface area (Å²) in [7, 11) is 3.11. The summed E-state index contributed by atoms with van der Waals surface area (Å²) < 4.78 is 10.1. The summed E-state index contributed by atoms with van der Waals surface area (Å²) in [6, 6.07) is 14.0. The molecule has 120 valence electrons. The van der Waals surface area contributed by atoms with Gasteiger partial charge >= 0.3 is 11.8 Å². The van der Waals surface area contributed by atoms with E-state index in [4.69, 9.17) is 9.47 Å². The number of ether oxygens (including phenoxy) is 2. The molecule has 6 nitrogen and oxygen atoms in total. The van der Waals surface area contributed by atoms with E-state index >= 15 is 0 Å². The molecule has 2 amide bonds. The van der Waals surface area contributed by atoms with Gasteiger partial charge in [-0.05, 0) is 29.8 Å². The minimum Gasteiger partial charge on any atom is -0.497 e. The van der Waals surface area contributed by atoms with Crippen LogP contribution in [0.2, 0.25) is 0 Å². The summed E-state index contributed by atoms with van der Waals surface area (Å²) in [5, 5.41) is 5.08. The van der Waals surface area contributed by atoms with Gasteiger partial charge in [-0.15, -0.1) is 0 Å². The summed E-state index contributed by atoms with van der Waals surface area (Å²) in [6.45, 7) is 0.258. The molecule has 0 saturated heterocycles. The van der Waals surface area contributed by atoms with Crippen molar-refractivity contribution in [3.05, 3.63) is 54.1 Å². The Balaban J connectivity index is 1.87. The molecule has 0 aromatic heterocycles. The zero-order chi connectivity index (χ0) is 16.7. The Morgan fingerprint density at radius 3 is 2.26 bits per heavy atom. The second-order valence-corrected chi connectivity index (χ2v) is 4.72. The number of benzene rings is 2. The summed E-state index contributed by atoms with van der Waals surface area (Å²) in [4.78, 5) is 23.7. The van der Waals surface area contributed by atoms with Gasteiger partial charge in [0.1, 0.15) is 11.5 Å². The highest BCUT2D eigenvalue weighted by molar-refractivity contribution is 6.39. The summed E-state index contributed by atoms with van der Waals surface area (Å²) in [5.41, 5.74) is 1.36. The highest BCUT2D eigenvalue weighted by Crippen LogP contribution is 2.16. The molecule has 0 atom stereocenters. The first-order valence-corrected chi connectivity index (χ1v) is 6.98. The molecule has 0 heterocycles. The van der Waals surface area contributed by atoms with Crippen LogP contribution < -0.4 is 20.1 Å². The number of nitrogens with one attached hydrogen (secondary N) is 2. The number of carbonyl (C=O) groups excluding carboxylic acids is 2. The molecule has 0 unspecified atom stereocenters. The lowest BCUT2D eigenvalue weighted by molar-refractivity contribution is -0.136. The third kappa shape index (κ3) is 4.74. The minimum atomic E-state index is -0.730. The second kappa shape index (κ2) is 7.84. The largest absolute Gasteiger partial charge is 0.497 e. The molecule has 6 heteroatoms. The molecule has 0 saturated carbocycles. The number of hydrogen-bond donors (Lipinski definition) is 2. The molecule has 0 aliphatic heterocycles. The standard InChI is InChI=1S/C17H18N2O4/c1-22-14-8-6-12(7-9-14)11-18-16(20)17(21)19-13-4-3-5-15(10-13)23-2/h3-10H,11H2,1-2H3,(H,18,20)(H,19,21). The van der Waals surface area contributed by atoms with E-state index < -0.39 is 11.8 Å². The number of anilines is 1. The maximum Gasteiger partial charge on any atom is 0.313 e. The van der Waals surface area contributed by atoms with Crippen LogP contribution in [-0.2, 0) is 16.1 Å². The molecule has 0 fully saturated rings. The Bertz CT molecular complexity index is 683. The fraction of sp³-hybridized carbons (Fsp3) is 0.176. The van der Waals surface area contributed by atoms with Crippen LogP contribution in [0.3, 0.4) is 0 Å². The number of methoxy groups -OCH3 is 2. The SMILES string of the molecule is COc1ccc(CNC(=O)C(=O)Nc2cccc(OC)c2)cc1. The van der Waals surface area contributed by atoms with Crippen LogP contribution in [0.15, 0.2) is 48.5 Å². The van der Waals surface area contributed by atoms with E-state index in [1.807, 2.05) is 12.1 Å². The number of hydrogen-bond acceptors (Lipinski definition) is 4. The maximum atomic E-state index is 11.8. The Morgan fingerprint density at radius 2 is 1.61 bits per heavy atom. The lowest BCUT2D eigenvalue weighted by atomic mass is 10.2. The monoisotopic (exact) mass is 314 g/mol. The average Bonchev–Trinajstić information content (AvgIpc) is 2.60. The first kappa shape index (κ1) is 16.4. The van der Waals surface area contributed by atoms with Gasteiger partial charge in [-0.25, -0.2) is 0 Å². The first-order valence-electron chi connectivity index (χ1n) is 6.98. The fourth-order valence-corrected chi connectivity index (χ4v) is 1.89. The summed E-state index contributed by atoms with van der Waals surface area (Å²) in [5.74, 6) is -0.104. The molecule has 0 radical (unpaired) electrons. The normalized spacial score (nSPS) is 9.83. The van der Waals surface area contributed by atoms with Crippen LogP contribution in [0.4, 0.5) is 5.69 Å². The Hall–Kier alpha value is -3.02. The molecule has 0 aliphatic carbocycles. The molecule has 2 N–H and O–H groups in total. The van der Waals surface area contributed by atoms with Gasteiger partial charge in [-0.2, -0.15) is 0 Å². The maximum absolute atomic E-state index is 11.8. The second-order valence-electron chi connectivity index (χ2n) is 4.72. The highest BCUT2D eigenvalue weighted by Gasteiger charge is 2.13. The molecular formula is C17H18N2O4. The van der Waals surface area contributed by atoms with Crippen LogP contribution in [0.25, 0.3) is 0 Å². The van der Waals surface area contributed by atoms with E-state index in [-0.39, 0.29) is 6.54 Å². The Morgan fingerprint density at radius 1 is 0.913 bits per heavy atom. The molecule has 2 aromatic carbocycles. The Labute approximate surface area is 134 Å². The molecule has 2 rings (SSSR count). The predicted octanol–water partition coefficient (Wildman–Crippen LogP) is 1.96. The number of rotatable bonds is 5. The Kier molecular flexibility index (Phi) is 5.57. The van der Waals surface area contributed by atoms with Gasteiger partial charge < -0.3 is 20.1 Å². The van der Waals surface area contributed by atoms with Gasteiger partial charge in [-0.1, -0.05) is 18.2 Å². The third-order valence-corrected chi connectivity index (χ3v) is 3.15. The average molecular weight is 314 g/mol. The van der Waals surface area contributed by atoms with E-state index in [0.717, 1.165) is 11.3 Å². The number of amides is 2. The van der Waals surface area contributed by atoms with E-state index in [0.29, 0.717) is 11.4 Å². The van der Waals surface area contributed by atoms with Crippen molar-refractivity contribution in [2.45, 2.75) is 6.54 Å². The van der Waals surface area contributed by atoms with Gasteiger partial charge in [0.2, 0.25) is 0 Å². The van der Waals surface area contributed by atoms with Crippen LogP contribution in [0, 0.1) is 0 Å². The van der Waals surface area contributed by atoms with Crippen molar-refractivity contribution in [1.82, 2.24) is 5.32 Å². The molecule has 2 aromatic rings. The zero-order valence-electron chi connectivity index (χ0n) is 13.0. The van der Waals surface area contributed by atoms with Crippen molar-refractivity contribution < 1.29 is 19.1 Å². The third-order valence-electron chi connectivity index (χ3n) is 3.15. The van der Waals surface area contributed by atoms with Crippen molar-refractivity contribution >= 4 is 17.5 Å². The van der Waals surface area contributed by atoms with Gasteiger partial charge in [0.15, 0.2) is 0 Å². The molecular weight excluding hydrogens is 296 g/mol. The number of carbonyl (C=O) groups is 2. The molecule has 0 spiro atoms. The van der Waals surface area contributed by atoms with Crippen LogP contribution in [0.5, 0.6) is 11.5 Å². The summed E-state index contributed by atoms with van der Waals surface area (Å²) >= 11 is 0. The minimum absolute atomic E-state index is 0.258. The summed E-state index contributed by atoms with van der Waals surface area (Å²) in [6.07, 6.45) is 0. The first-order chi connectivity index (χ1) is 11.1. The van der Waals surface area contributed by atoms with Crippen LogP contribution in [-0.4, -0.2) is 26.0 Å². The van der Waals surface area contributed by atoms with Crippen molar-refractivity contribution in [3.63, 3.8) is 0 Å². The van der Waals surface area contributed by atoms with E-state index in [2.05, 4.69) is 10.6 Å². The van der Waals surface area contributed by atoms with E-state index in [1.165, 1.54) is 7.11 Å². The van der Waals surface area contributed by atoms with Crippen LogP contribution in [0.1, 0.15) is 5.56 Å². The molecule has 0 bridgehead atoms. The van der Waals surface area contributed by atoms with Crippen molar-refractivity contribution in [2.24, 2.45) is 0 Å².